The van der Waals surface area contributed by atoms with E-state index in [2.05, 4.69) is 4.98 Å². The fourth-order valence-corrected chi connectivity index (χ4v) is 2.03. The second-order valence-electron chi connectivity index (χ2n) is 4.05. The number of aromatic nitrogens is 3. The predicted octanol–water partition coefficient (Wildman–Crippen LogP) is 1.30. The van der Waals surface area contributed by atoms with E-state index in [-0.39, 0.29) is 5.56 Å². The van der Waals surface area contributed by atoms with Crippen molar-refractivity contribution in [2.24, 2.45) is 0 Å². The third kappa shape index (κ3) is 1.59. The van der Waals surface area contributed by atoms with E-state index >= 15 is 0 Å². The fourth-order valence-electron chi connectivity index (χ4n) is 2.03. The minimum Gasteiger partial charge on any atom is -0.263 e. The molecule has 0 aliphatic carbocycles. The first kappa shape index (κ1) is 10.7. The van der Waals surface area contributed by atoms with Crippen molar-refractivity contribution < 1.29 is 4.68 Å². The molecule has 4 nitrogen and oxygen atoms in total. The minimum atomic E-state index is -0.0608. The molecule has 0 aliphatic rings. The maximum Gasteiger partial charge on any atom is 0.317 e. The van der Waals surface area contributed by atoms with Gasteiger partial charge in [-0.15, -0.1) is 0 Å². The maximum atomic E-state index is 12.5. The Balaban J connectivity index is 2.41. The number of pyridine rings is 1. The molecule has 0 radical (unpaired) electrons. The second kappa shape index (κ2) is 4.07. The Labute approximate surface area is 104 Å². The monoisotopic (exact) mass is 238 g/mol. The zero-order chi connectivity index (χ0) is 12.5. The van der Waals surface area contributed by atoms with Gasteiger partial charge in [-0.2, -0.15) is 0 Å². The quantitative estimate of drug-likeness (QED) is 0.599. The van der Waals surface area contributed by atoms with Crippen molar-refractivity contribution in [2.45, 2.75) is 6.92 Å². The van der Waals surface area contributed by atoms with Crippen LogP contribution in [0.15, 0.2) is 59.7 Å². The van der Waals surface area contributed by atoms with E-state index in [9.17, 15) is 4.79 Å². The summed E-state index contributed by atoms with van der Waals surface area (Å²) in [5.41, 5.74) is 0.669. The van der Waals surface area contributed by atoms with E-state index in [1.165, 1.54) is 0 Å². The lowest BCUT2D eigenvalue weighted by Crippen LogP contribution is -2.50. The molecular formula is C14H12N3O+. The molecule has 1 aromatic carbocycles. The first-order valence-corrected chi connectivity index (χ1v) is 5.73. The van der Waals surface area contributed by atoms with Crippen LogP contribution in [0.4, 0.5) is 0 Å². The molecule has 0 fully saturated rings. The van der Waals surface area contributed by atoms with Gasteiger partial charge in [0.1, 0.15) is 0 Å². The number of hydrogen-bond acceptors (Lipinski definition) is 2. The first-order valence-electron chi connectivity index (χ1n) is 5.73. The van der Waals surface area contributed by atoms with Crippen LogP contribution in [-0.4, -0.2) is 9.66 Å². The standard InChI is InChI=1S/C14H12N3O/c1-11-15-13-8-4-3-7-12(13)14(18)17(11)16-9-5-2-6-10-16/h2-10H,1H3/q+1. The molecule has 0 aliphatic heterocycles. The van der Waals surface area contributed by atoms with E-state index in [1.807, 2.05) is 55.7 Å². The van der Waals surface area contributed by atoms with Gasteiger partial charge in [0.25, 0.3) is 0 Å². The van der Waals surface area contributed by atoms with Gasteiger partial charge < -0.3 is 0 Å². The topological polar surface area (TPSA) is 38.8 Å². The smallest absolute Gasteiger partial charge is 0.263 e. The minimum absolute atomic E-state index is 0.0608. The molecule has 3 rings (SSSR count). The van der Waals surface area contributed by atoms with E-state index in [4.69, 9.17) is 0 Å². The summed E-state index contributed by atoms with van der Waals surface area (Å²) in [6.07, 6.45) is 3.65. The molecule has 0 N–H and O–H groups in total. The molecule has 0 bridgehead atoms. The Morgan fingerprint density at radius 3 is 2.56 bits per heavy atom. The van der Waals surface area contributed by atoms with Crippen LogP contribution in [0.5, 0.6) is 0 Å². The molecule has 0 saturated heterocycles. The second-order valence-corrected chi connectivity index (χ2v) is 4.05. The molecule has 18 heavy (non-hydrogen) atoms. The fraction of sp³-hybridized carbons (Fsp3) is 0.0714. The molecule has 0 saturated carbocycles. The molecule has 2 aromatic heterocycles. The number of fused-ring (bicyclic) bond motifs is 1. The molecule has 0 amide bonds. The Kier molecular flexibility index (Phi) is 2.41. The molecule has 0 spiro atoms. The van der Waals surface area contributed by atoms with Crippen LogP contribution in [0.3, 0.4) is 0 Å². The highest BCUT2D eigenvalue weighted by Gasteiger charge is 2.13. The third-order valence-corrected chi connectivity index (χ3v) is 2.85. The highest BCUT2D eigenvalue weighted by atomic mass is 16.1. The normalized spacial score (nSPS) is 10.7. The Bertz CT molecular complexity index is 763. The number of nitrogens with zero attached hydrogens (tertiary/aromatic N) is 3. The lowest BCUT2D eigenvalue weighted by atomic mass is 10.2. The number of aryl methyl sites for hydroxylation is 1. The van der Waals surface area contributed by atoms with Crippen molar-refractivity contribution in [1.82, 2.24) is 9.66 Å². The number of rotatable bonds is 1. The lowest BCUT2D eigenvalue weighted by molar-refractivity contribution is -0.731. The third-order valence-electron chi connectivity index (χ3n) is 2.85. The molecular weight excluding hydrogens is 226 g/mol. The maximum absolute atomic E-state index is 12.5. The van der Waals surface area contributed by atoms with Crippen molar-refractivity contribution >= 4 is 10.9 Å². The van der Waals surface area contributed by atoms with Gasteiger partial charge in [-0.05, 0) is 19.1 Å². The van der Waals surface area contributed by atoms with Gasteiger partial charge in [-0.1, -0.05) is 27.6 Å². The molecule has 3 aromatic rings. The average Bonchev–Trinajstić information content (AvgIpc) is 2.40. The average molecular weight is 238 g/mol. The van der Waals surface area contributed by atoms with E-state index in [0.717, 1.165) is 5.52 Å². The summed E-state index contributed by atoms with van der Waals surface area (Å²) in [5, 5.41) is 0.624. The SMILES string of the molecule is Cc1nc2ccccc2c(=O)n1-[n+]1ccccc1. The van der Waals surface area contributed by atoms with Crippen molar-refractivity contribution in [2.75, 3.05) is 0 Å². The van der Waals surface area contributed by atoms with Crippen molar-refractivity contribution in [1.29, 1.82) is 0 Å². The highest BCUT2D eigenvalue weighted by Crippen LogP contribution is 2.05. The van der Waals surface area contributed by atoms with Crippen LogP contribution in [0.25, 0.3) is 10.9 Å². The zero-order valence-electron chi connectivity index (χ0n) is 9.95. The number of benzene rings is 1. The van der Waals surface area contributed by atoms with E-state index in [1.54, 1.807) is 15.4 Å². The summed E-state index contributed by atoms with van der Waals surface area (Å²) < 4.78 is 3.29. The van der Waals surface area contributed by atoms with E-state index in [0.29, 0.717) is 11.2 Å². The van der Waals surface area contributed by atoms with Crippen LogP contribution in [0, 0.1) is 6.92 Å². The zero-order valence-corrected chi connectivity index (χ0v) is 9.95. The van der Waals surface area contributed by atoms with Gasteiger partial charge in [0.2, 0.25) is 12.4 Å². The molecule has 88 valence electrons. The Hall–Kier alpha value is -2.49. The summed E-state index contributed by atoms with van der Waals surface area (Å²) in [4.78, 5) is 16.9. The molecule has 0 atom stereocenters. The van der Waals surface area contributed by atoms with Crippen molar-refractivity contribution in [3.63, 3.8) is 0 Å². The van der Waals surface area contributed by atoms with Crippen molar-refractivity contribution in [3.05, 3.63) is 71.0 Å². The summed E-state index contributed by atoms with van der Waals surface area (Å²) >= 11 is 0. The largest absolute Gasteiger partial charge is 0.317 e. The van der Waals surface area contributed by atoms with Gasteiger partial charge >= 0.3 is 5.56 Å². The Morgan fingerprint density at radius 2 is 1.78 bits per heavy atom. The van der Waals surface area contributed by atoms with Crippen LogP contribution in [0.1, 0.15) is 5.82 Å². The predicted molar refractivity (Wildman–Crippen MR) is 68.2 cm³/mol. The first-order chi connectivity index (χ1) is 8.77. The van der Waals surface area contributed by atoms with Gasteiger partial charge in [-0.3, -0.25) is 4.79 Å². The summed E-state index contributed by atoms with van der Waals surface area (Å²) in [6, 6.07) is 13.0. The number of hydrogen-bond donors (Lipinski definition) is 0. The van der Waals surface area contributed by atoms with Crippen molar-refractivity contribution in [3.8, 4) is 0 Å². The summed E-state index contributed by atoms with van der Waals surface area (Å²) in [5.74, 6) is 0.662. The summed E-state index contributed by atoms with van der Waals surface area (Å²) in [7, 11) is 0. The van der Waals surface area contributed by atoms with Gasteiger partial charge in [0.05, 0.1) is 10.9 Å². The highest BCUT2D eigenvalue weighted by molar-refractivity contribution is 5.77. The van der Waals surface area contributed by atoms with Gasteiger partial charge in [0, 0.05) is 12.1 Å². The van der Waals surface area contributed by atoms with Gasteiger partial charge in [-0.25, -0.2) is 4.98 Å². The number of para-hydroxylation sites is 1. The lowest BCUT2D eigenvalue weighted by Gasteiger charge is -2.04. The molecule has 4 heteroatoms. The van der Waals surface area contributed by atoms with Crippen LogP contribution in [0.2, 0.25) is 0 Å². The van der Waals surface area contributed by atoms with Gasteiger partial charge in [0.15, 0.2) is 5.82 Å². The van der Waals surface area contributed by atoms with Crippen LogP contribution < -0.4 is 10.2 Å². The van der Waals surface area contributed by atoms with Crippen LogP contribution >= 0.6 is 0 Å². The summed E-state index contributed by atoms with van der Waals surface area (Å²) in [6.45, 7) is 1.83. The molecule has 2 heterocycles. The Morgan fingerprint density at radius 1 is 1.06 bits per heavy atom. The van der Waals surface area contributed by atoms with Crippen LogP contribution in [-0.2, 0) is 0 Å². The van der Waals surface area contributed by atoms with E-state index < -0.39 is 0 Å². The molecule has 0 unspecified atom stereocenters.